The zero-order chi connectivity index (χ0) is 22.1. The van der Waals surface area contributed by atoms with Crippen molar-refractivity contribution in [1.82, 2.24) is 30.7 Å². The lowest BCUT2D eigenvalue weighted by Gasteiger charge is -2.19. The molecule has 0 aliphatic carbocycles. The van der Waals surface area contributed by atoms with E-state index in [9.17, 15) is 4.79 Å². The maximum atomic E-state index is 11.6. The average Bonchev–Trinajstić information content (AvgIpc) is 3.01. The van der Waals surface area contributed by atoms with Crippen LogP contribution in [0.15, 0.2) is 29.4 Å². The van der Waals surface area contributed by atoms with Crippen LogP contribution < -0.4 is 16.0 Å². The number of carbonyl (C=O) groups is 1. The van der Waals surface area contributed by atoms with Crippen molar-refractivity contribution in [3.05, 3.63) is 41.3 Å². The molecule has 3 N–H and O–H groups in total. The van der Waals surface area contributed by atoms with Crippen molar-refractivity contribution in [2.24, 2.45) is 4.99 Å². The molecule has 0 aromatic carbocycles. The number of rotatable bonds is 7. The van der Waals surface area contributed by atoms with Crippen molar-refractivity contribution in [1.29, 1.82) is 0 Å². The Morgan fingerprint density at radius 1 is 1.17 bits per heavy atom. The predicted octanol–water partition coefficient (Wildman–Crippen LogP) is 2.46. The summed E-state index contributed by atoms with van der Waals surface area (Å²) in [5.41, 5.74) is 2.57. The molecule has 0 unspecified atom stereocenters. The van der Waals surface area contributed by atoms with E-state index in [4.69, 9.17) is 4.74 Å². The van der Waals surface area contributed by atoms with E-state index < -0.39 is 11.7 Å². The number of hydrogen-bond donors (Lipinski definition) is 3. The van der Waals surface area contributed by atoms with Gasteiger partial charge in [0.1, 0.15) is 5.60 Å². The van der Waals surface area contributed by atoms with Gasteiger partial charge in [-0.25, -0.2) is 14.5 Å². The molecule has 0 saturated heterocycles. The number of amides is 1. The highest BCUT2D eigenvalue weighted by atomic mass is 16.6. The van der Waals surface area contributed by atoms with Gasteiger partial charge in [0.2, 0.25) is 0 Å². The number of nitrogens with zero attached hydrogens (tertiary/aromatic N) is 4. The summed E-state index contributed by atoms with van der Waals surface area (Å²) in [6.45, 7) is 11.3. The summed E-state index contributed by atoms with van der Waals surface area (Å²) in [6.07, 6.45) is 2.18. The molecule has 0 atom stereocenters. The van der Waals surface area contributed by atoms with Crippen molar-refractivity contribution in [3.8, 4) is 5.82 Å². The molecule has 0 spiro atoms. The first-order chi connectivity index (χ1) is 14.2. The third kappa shape index (κ3) is 7.73. The fraction of sp³-hybridized carbons (Fsp3) is 0.524. The molecular formula is C21H33N7O2. The number of aliphatic imine (C=N–C) groups is 1. The Labute approximate surface area is 178 Å². The van der Waals surface area contributed by atoms with Gasteiger partial charge in [0.15, 0.2) is 11.8 Å². The molecule has 0 fully saturated rings. The van der Waals surface area contributed by atoms with Crippen molar-refractivity contribution in [2.45, 2.75) is 53.2 Å². The van der Waals surface area contributed by atoms with Crippen LogP contribution in [0.25, 0.3) is 5.82 Å². The van der Waals surface area contributed by atoms with Crippen LogP contribution in [-0.2, 0) is 11.3 Å². The molecule has 2 rings (SSSR count). The zero-order valence-electron chi connectivity index (χ0n) is 18.7. The minimum Gasteiger partial charge on any atom is -0.444 e. The molecular weight excluding hydrogens is 382 g/mol. The lowest BCUT2D eigenvalue weighted by Crippen LogP contribution is -2.39. The van der Waals surface area contributed by atoms with Gasteiger partial charge in [-0.15, -0.1) is 0 Å². The van der Waals surface area contributed by atoms with Crippen LogP contribution >= 0.6 is 0 Å². The molecule has 0 saturated carbocycles. The van der Waals surface area contributed by atoms with E-state index in [-0.39, 0.29) is 0 Å². The minimum absolute atomic E-state index is 0.401. The van der Waals surface area contributed by atoms with Crippen molar-refractivity contribution in [3.63, 3.8) is 0 Å². The molecule has 9 heteroatoms. The van der Waals surface area contributed by atoms with Crippen LogP contribution in [0.5, 0.6) is 0 Å². The standard InChI is InChI=1S/C21H33N7O2/c1-15-12-16(2)28(27-15)18-9-8-17(13-25-18)14-26-19(22-6)23-10-7-11-24-20(29)30-21(3,4)5/h8-9,12-13H,7,10-11,14H2,1-6H3,(H,24,29)(H2,22,23,26). The predicted molar refractivity (Wildman–Crippen MR) is 118 cm³/mol. The van der Waals surface area contributed by atoms with Crippen molar-refractivity contribution >= 4 is 12.1 Å². The molecule has 2 aromatic heterocycles. The molecule has 9 nitrogen and oxygen atoms in total. The van der Waals surface area contributed by atoms with Crippen LogP contribution in [0.1, 0.15) is 44.1 Å². The third-order valence-corrected chi connectivity index (χ3v) is 4.03. The summed E-state index contributed by atoms with van der Waals surface area (Å²) in [7, 11) is 1.72. The minimum atomic E-state index is -0.489. The average molecular weight is 416 g/mol. The number of ether oxygens (including phenoxy) is 1. The number of pyridine rings is 1. The second-order valence-corrected chi connectivity index (χ2v) is 8.00. The molecule has 164 valence electrons. The van der Waals surface area contributed by atoms with E-state index in [1.807, 2.05) is 63.7 Å². The maximum absolute atomic E-state index is 11.6. The Bertz CT molecular complexity index is 851. The highest BCUT2D eigenvalue weighted by molar-refractivity contribution is 5.79. The molecule has 2 aromatic rings. The molecule has 1 amide bonds. The van der Waals surface area contributed by atoms with E-state index in [1.165, 1.54) is 0 Å². The SMILES string of the molecule is CN=C(NCCCNC(=O)OC(C)(C)C)NCc1ccc(-n2nc(C)cc2C)nc1. The summed E-state index contributed by atoms with van der Waals surface area (Å²) in [6, 6.07) is 5.99. The summed E-state index contributed by atoms with van der Waals surface area (Å²) >= 11 is 0. The zero-order valence-corrected chi connectivity index (χ0v) is 18.7. The molecule has 0 bridgehead atoms. The smallest absolute Gasteiger partial charge is 0.407 e. The number of aryl methyl sites for hydroxylation is 2. The van der Waals surface area contributed by atoms with E-state index in [0.717, 1.165) is 29.2 Å². The number of alkyl carbamates (subject to hydrolysis) is 1. The van der Waals surface area contributed by atoms with Gasteiger partial charge in [-0.2, -0.15) is 5.10 Å². The van der Waals surface area contributed by atoms with Crippen LogP contribution in [-0.4, -0.2) is 52.6 Å². The first-order valence-electron chi connectivity index (χ1n) is 10.1. The van der Waals surface area contributed by atoms with E-state index in [2.05, 4.69) is 31.0 Å². The highest BCUT2D eigenvalue weighted by Crippen LogP contribution is 2.10. The van der Waals surface area contributed by atoms with Gasteiger partial charge in [-0.05, 0) is 58.7 Å². The molecule has 0 radical (unpaired) electrons. The monoisotopic (exact) mass is 415 g/mol. The normalized spacial score (nSPS) is 11.9. The quantitative estimate of drug-likeness (QED) is 0.364. The first-order valence-corrected chi connectivity index (χ1v) is 10.1. The maximum Gasteiger partial charge on any atom is 0.407 e. The van der Waals surface area contributed by atoms with Gasteiger partial charge >= 0.3 is 6.09 Å². The van der Waals surface area contributed by atoms with Crippen LogP contribution in [0.3, 0.4) is 0 Å². The van der Waals surface area contributed by atoms with Gasteiger partial charge in [0.05, 0.1) is 5.69 Å². The second kappa shape index (κ2) is 10.6. The van der Waals surface area contributed by atoms with Gasteiger partial charge < -0.3 is 20.7 Å². The Balaban J connectivity index is 1.71. The number of guanidine groups is 1. The first kappa shape index (κ1) is 23.2. The van der Waals surface area contributed by atoms with Gasteiger partial charge in [-0.1, -0.05) is 6.07 Å². The fourth-order valence-electron chi connectivity index (χ4n) is 2.71. The Morgan fingerprint density at radius 2 is 1.90 bits per heavy atom. The van der Waals surface area contributed by atoms with E-state index in [1.54, 1.807) is 7.05 Å². The summed E-state index contributed by atoms with van der Waals surface area (Å²) in [5.74, 6) is 1.49. The highest BCUT2D eigenvalue weighted by Gasteiger charge is 2.15. The van der Waals surface area contributed by atoms with Crippen LogP contribution in [0, 0.1) is 13.8 Å². The molecule has 30 heavy (non-hydrogen) atoms. The third-order valence-electron chi connectivity index (χ3n) is 4.03. The number of hydrogen-bond acceptors (Lipinski definition) is 5. The lowest BCUT2D eigenvalue weighted by atomic mass is 10.2. The lowest BCUT2D eigenvalue weighted by molar-refractivity contribution is 0.0527. The van der Waals surface area contributed by atoms with Crippen molar-refractivity contribution < 1.29 is 9.53 Å². The number of carbonyl (C=O) groups excluding carboxylic acids is 1. The summed E-state index contributed by atoms with van der Waals surface area (Å²) < 4.78 is 7.03. The topological polar surface area (TPSA) is 105 Å². The Hall–Kier alpha value is -3.10. The van der Waals surface area contributed by atoms with Gasteiger partial charge in [0.25, 0.3) is 0 Å². The van der Waals surface area contributed by atoms with Crippen LogP contribution in [0.4, 0.5) is 4.79 Å². The van der Waals surface area contributed by atoms with Crippen LogP contribution in [0.2, 0.25) is 0 Å². The Kier molecular flexibility index (Phi) is 8.20. The molecule has 2 heterocycles. The van der Waals surface area contributed by atoms with E-state index >= 15 is 0 Å². The fourth-order valence-corrected chi connectivity index (χ4v) is 2.71. The summed E-state index contributed by atoms with van der Waals surface area (Å²) in [5, 5.41) is 13.7. The van der Waals surface area contributed by atoms with Gasteiger partial charge in [0, 0.05) is 38.6 Å². The number of aromatic nitrogens is 3. The largest absolute Gasteiger partial charge is 0.444 e. The second-order valence-electron chi connectivity index (χ2n) is 8.00. The Morgan fingerprint density at radius 3 is 2.47 bits per heavy atom. The van der Waals surface area contributed by atoms with E-state index in [0.29, 0.717) is 25.6 Å². The van der Waals surface area contributed by atoms with Gasteiger partial charge in [-0.3, -0.25) is 4.99 Å². The molecule has 0 aliphatic heterocycles. The summed E-state index contributed by atoms with van der Waals surface area (Å²) in [4.78, 5) is 20.3. The van der Waals surface area contributed by atoms with Crippen molar-refractivity contribution in [2.75, 3.05) is 20.1 Å². The molecule has 0 aliphatic rings. The number of nitrogens with one attached hydrogen (secondary N) is 3.